The number of alkyl halides is 3. The number of aromatic nitrogens is 4. The van der Waals surface area contributed by atoms with Crippen LogP contribution >= 0.6 is 0 Å². The molecule has 0 unspecified atom stereocenters. The molecule has 3 aromatic rings. The monoisotopic (exact) mass is 361 g/mol. The van der Waals surface area contributed by atoms with Gasteiger partial charge in [-0.3, -0.25) is 14.3 Å². The number of hydrogen-bond donors (Lipinski definition) is 1. The van der Waals surface area contributed by atoms with E-state index in [1.807, 2.05) is 6.92 Å². The van der Waals surface area contributed by atoms with Crippen LogP contribution in [0.25, 0.3) is 5.82 Å². The van der Waals surface area contributed by atoms with Gasteiger partial charge in [0.1, 0.15) is 17.3 Å². The fourth-order valence-corrected chi connectivity index (χ4v) is 2.30. The molecule has 3 rings (SSSR count). The number of pyridine rings is 2. The Hall–Kier alpha value is -3.23. The first-order chi connectivity index (χ1) is 12.3. The van der Waals surface area contributed by atoms with Crippen molar-refractivity contribution in [3.05, 3.63) is 71.7 Å². The predicted octanol–water partition coefficient (Wildman–Crippen LogP) is 2.92. The van der Waals surface area contributed by atoms with E-state index in [1.54, 1.807) is 35.3 Å². The van der Waals surface area contributed by atoms with Crippen LogP contribution < -0.4 is 5.32 Å². The van der Waals surface area contributed by atoms with E-state index >= 15 is 0 Å². The van der Waals surface area contributed by atoms with Crippen molar-refractivity contribution in [2.75, 3.05) is 0 Å². The number of amides is 1. The summed E-state index contributed by atoms with van der Waals surface area (Å²) in [6.07, 6.45) is 1.41. The van der Waals surface area contributed by atoms with Crippen LogP contribution in [0.3, 0.4) is 0 Å². The van der Waals surface area contributed by atoms with Crippen LogP contribution in [0.15, 0.2) is 49.1 Å². The van der Waals surface area contributed by atoms with Crippen LogP contribution in [0.2, 0.25) is 0 Å². The molecule has 1 amide bonds. The minimum Gasteiger partial charge on any atom is -0.348 e. The Morgan fingerprint density at radius 3 is 2.58 bits per heavy atom. The number of nitrogens with zero attached hydrogens (tertiary/aromatic N) is 4. The number of carbonyl (C=O) groups is 1. The molecular formula is C17H14F3N5O. The smallest absolute Gasteiger partial charge is 0.348 e. The lowest BCUT2D eigenvalue weighted by Crippen LogP contribution is -2.23. The van der Waals surface area contributed by atoms with Crippen molar-refractivity contribution < 1.29 is 18.0 Å². The van der Waals surface area contributed by atoms with Gasteiger partial charge in [-0.15, -0.1) is 0 Å². The van der Waals surface area contributed by atoms with Crippen molar-refractivity contribution in [2.24, 2.45) is 0 Å². The average molecular weight is 361 g/mol. The quantitative estimate of drug-likeness (QED) is 0.776. The van der Waals surface area contributed by atoms with Crippen LogP contribution in [0.5, 0.6) is 0 Å². The number of halogens is 3. The third-order valence-corrected chi connectivity index (χ3v) is 3.65. The van der Waals surface area contributed by atoms with Gasteiger partial charge in [0.05, 0.1) is 5.56 Å². The van der Waals surface area contributed by atoms with Gasteiger partial charge in [-0.25, -0.2) is 9.97 Å². The molecule has 0 saturated carbocycles. The van der Waals surface area contributed by atoms with Crippen molar-refractivity contribution in [1.29, 1.82) is 0 Å². The summed E-state index contributed by atoms with van der Waals surface area (Å²) in [6.45, 7) is 2.04. The molecule has 1 N–H and O–H groups in total. The number of aryl methyl sites for hydroxylation is 1. The third kappa shape index (κ3) is 3.88. The van der Waals surface area contributed by atoms with E-state index in [0.29, 0.717) is 5.82 Å². The maximum absolute atomic E-state index is 12.5. The molecule has 9 heteroatoms. The molecule has 0 bridgehead atoms. The third-order valence-electron chi connectivity index (χ3n) is 3.65. The maximum Gasteiger partial charge on any atom is 0.433 e. The zero-order valence-electron chi connectivity index (χ0n) is 13.7. The Balaban J connectivity index is 1.67. The highest BCUT2D eigenvalue weighted by Crippen LogP contribution is 2.27. The highest BCUT2D eigenvalue weighted by molar-refractivity contribution is 5.93. The molecule has 0 aromatic carbocycles. The normalized spacial score (nSPS) is 11.4. The van der Waals surface area contributed by atoms with Crippen molar-refractivity contribution in [1.82, 2.24) is 24.8 Å². The SMILES string of the molecule is Cc1nccn1-c1cc(CNC(=O)c2ccc(C(F)(F)F)nc2)ccn1. The topological polar surface area (TPSA) is 72.7 Å². The summed E-state index contributed by atoms with van der Waals surface area (Å²) in [4.78, 5) is 23.7. The van der Waals surface area contributed by atoms with Crippen LogP contribution in [0.1, 0.15) is 27.4 Å². The van der Waals surface area contributed by atoms with E-state index in [2.05, 4.69) is 20.3 Å². The average Bonchev–Trinajstić information content (AvgIpc) is 3.05. The van der Waals surface area contributed by atoms with Gasteiger partial charge in [-0.05, 0) is 36.8 Å². The highest BCUT2D eigenvalue weighted by atomic mass is 19.4. The zero-order chi connectivity index (χ0) is 18.7. The van der Waals surface area contributed by atoms with Gasteiger partial charge in [-0.1, -0.05) is 0 Å². The van der Waals surface area contributed by atoms with Crippen molar-refractivity contribution in [2.45, 2.75) is 19.6 Å². The van der Waals surface area contributed by atoms with Crippen molar-refractivity contribution in [3.63, 3.8) is 0 Å². The van der Waals surface area contributed by atoms with Gasteiger partial charge in [0.15, 0.2) is 0 Å². The van der Waals surface area contributed by atoms with Gasteiger partial charge < -0.3 is 5.32 Å². The molecule has 0 aliphatic rings. The second kappa shape index (κ2) is 6.95. The molecule has 0 saturated heterocycles. The lowest BCUT2D eigenvalue weighted by atomic mass is 10.2. The minimum absolute atomic E-state index is 0.0535. The standard InChI is InChI=1S/C17H14F3N5O/c1-11-21-6-7-25(11)15-8-12(4-5-22-15)9-24-16(26)13-2-3-14(23-10-13)17(18,19)20/h2-8,10H,9H2,1H3,(H,24,26). The summed E-state index contributed by atoms with van der Waals surface area (Å²) < 4.78 is 39.3. The van der Waals surface area contributed by atoms with E-state index in [-0.39, 0.29) is 12.1 Å². The summed E-state index contributed by atoms with van der Waals surface area (Å²) >= 11 is 0. The number of rotatable bonds is 4. The van der Waals surface area contributed by atoms with Gasteiger partial charge in [0.25, 0.3) is 5.91 Å². The minimum atomic E-state index is -4.53. The first-order valence-electron chi connectivity index (χ1n) is 7.61. The molecule has 3 heterocycles. The largest absolute Gasteiger partial charge is 0.433 e. The molecule has 0 aliphatic heterocycles. The van der Waals surface area contributed by atoms with Crippen LogP contribution in [0.4, 0.5) is 13.2 Å². The molecule has 0 aliphatic carbocycles. The van der Waals surface area contributed by atoms with Gasteiger partial charge >= 0.3 is 6.18 Å². The van der Waals surface area contributed by atoms with Crippen molar-refractivity contribution >= 4 is 5.91 Å². The molecule has 26 heavy (non-hydrogen) atoms. The van der Waals surface area contributed by atoms with E-state index < -0.39 is 17.8 Å². The predicted molar refractivity (Wildman–Crippen MR) is 86.5 cm³/mol. The first-order valence-corrected chi connectivity index (χ1v) is 7.61. The Kier molecular flexibility index (Phi) is 4.70. The van der Waals surface area contributed by atoms with Crippen LogP contribution in [-0.2, 0) is 12.7 Å². The van der Waals surface area contributed by atoms with Crippen molar-refractivity contribution in [3.8, 4) is 5.82 Å². The molecule has 6 nitrogen and oxygen atoms in total. The number of hydrogen-bond acceptors (Lipinski definition) is 4. The van der Waals surface area contributed by atoms with E-state index in [4.69, 9.17) is 0 Å². The number of carbonyl (C=O) groups excluding carboxylic acids is 1. The Morgan fingerprint density at radius 2 is 1.96 bits per heavy atom. The molecule has 0 spiro atoms. The van der Waals surface area contributed by atoms with E-state index in [1.165, 1.54) is 0 Å². The molecule has 0 atom stereocenters. The van der Waals surface area contributed by atoms with Crippen LogP contribution in [-0.4, -0.2) is 25.4 Å². The Bertz CT molecular complexity index is 919. The first kappa shape index (κ1) is 17.6. The van der Waals surface area contributed by atoms with Gasteiger partial charge in [0.2, 0.25) is 0 Å². The fourth-order valence-electron chi connectivity index (χ4n) is 2.30. The molecule has 3 aromatic heterocycles. The van der Waals surface area contributed by atoms with Gasteiger partial charge in [0, 0.05) is 31.3 Å². The lowest BCUT2D eigenvalue weighted by molar-refractivity contribution is -0.141. The lowest BCUT2D eigenvalue weighted by Gasteiger charge is -2.09. The molecule has 134 valence electrons. The van der Waals surface area contributed by atoms with E-state index in [9.17, 15) is 18.0 Å². The maximum atomic E-state index is 12.5. The fraction of sp³-hybridized carbons (Fsp3) is 0.176. The number of nitrogens with one attached hydrogen (secondary N) is 1. The zero-order valence-corrected chi connectivity index (χ0v) is 13.7. The second-order valence-electron chi connectivity index (χ2n) is 5.48. The van der Waals surface area contributed by atoms with E-state index in [0.717, 1.165) is 29.7 Å². The second-order valence-corrected chi connectivity index (χ2v) is 5.48. The highest BCUT2D eigenvalue weighted by Gasteiger charge is 2.32. The summed E-state index contributed by atoms with van der Waals surface area (Å²) in [7, 11) is 0. The molecule has 0 fully saturated rings. The number of imidazole rings is 1. The summed E-state index contributed by atoms with van der Waals surface area (Å²) in [5.74, 6) is 0.917. The Morgan fingerprint density at radius 1 is 1.15 bits per heavy atom. The Labute approximate surface area is 146 Å². The van der Waals surface area contributed by atoms with Crippen LogP contribution in [0, 0.1) is 6.92 Å². The summed E-state index contributed by atoms with van der Waals surface area (Å²) in [5.41, 5.74) is -0.197. The molecular weight excluding hydrogens is 347 g/mol. The molecule has 0 radical (unpaired) electrons. The summed E-state index contributed by atoms with van der Waals surface area (Å²) in [5, 5.41) is 2.65. The summed E-state index contributed by atoms with van der Waals surface area (Å²) in [6, 6.07) is 5.40. The van der Waals surface area contributed by atoms with Gasteiger partial charge in [-0.2, -0.15) is 13.2 Å².